The van der Waals surface area contributed by atoms with Crippen molar-refractivity contribution in [2.45, 2.75) is 37.0 Å². The van der Waals surface area contributed by atoms with Gasteiger partial charge in [0, 0.05) is 11.4 Å². The lowest BCUT2D eigenvalue weighted by atomic mass is 9.92. The molecule has 0 bridgehead atoms. The van der Waals surface area contributed by atoms with E-state index in [0.29, 0.717) is 18.1 Å². The van der Waals surface area contributed by atoms with E-state index in [-0.39, 0.29) is 12.6 Å². The first-order valence-electron chi connectivity index (χ1n) is 9.00. The molecule has 1 fully saturated rings. The first-order valence-corrected chi connectivity index (χ1v) is 9.45. The van der Waals surface area contributed by atoms with Crippen LogP contribution < -0.4 is 0 Å². The van der Waals surface area contributed by atoms with E-state index in [2.05, 4.69) is 22.4 Å². The predicted molar refractivity (Wildman–Crippen MR) is 99.9 cm³/mol. The van der Waals surface area contributed by atoms with E-state index in [1.807, 2.05) is 6.07 Å². The number of hydrogen-bond donors (Lipinski definition) is 1. The summed E-state index contributed by atoms with van der Waals surface area (Å²) in [6.45, 7) is 3.56. The van der Waals surface area contributed by atoms with E-state index in [1.54, 1.807) is 18.2 Å². The molecule has 0 saturated carbocycles. The van der Waals surface area contributed by atoms with Crippen LogP contribution in [0, 0.1) is 16.0 Å². The van der Waals surface area contributed by atoms with Crippen LogP contribution in [0.25, 0.3) is 0 Å². The van der Waals surface area contributed by atoms with Gasteiger partial charge in [-0.3, -0.25) is 0 Å². The topological polar surface area (TPSA) is 81.9 Å². The molecular weight excluding hydrogens is 356 g/mol. The number of carbonyl (C=O) groups is 1. The molecule has 0 unspecified atom stereocenters. The van der Waals surface area contributed by atoms with Crippen molar-refractivity contribution in [2.75, 3.05) is 32.8 Å². The Hall–Kier alpha value is -1.80. The standard InChI is InChI=1S/C18H26N2O5S/c21-18(16-5-1-6-17(26)14-16)24-12-3-9-19-10-7-15(8-11-19)4-2-13-25-20(22)23/h1,5-6,14-15,26H,2-4,7-13H2. The molecule has 0 radical (unpaired) electrons. The van der Waals surface area contributed by atoms with Crippen molar-refractivity contribution in [3.05, 3.63) is 39.9 Å². The molecule has 1 heterocycles. The van der Waals surface area contributed by atoms with E-state index >= 15 is 0 Å². The second kappa shape index (κ2) is 11.0. The Balaban J connectivity index is 1.53. The van der Waals surface area contributed by atoms with Crippen molar-refractivity contribution in [1.82, 2.24) is 4.90 Å². The summed E-state index contributed by atoms with van der Waals surface area (Å²) in [7, 11) is 0. The van der Waals surface area contributed by atoms with Crippen molar-refractivity contribution in [1.29, 1.82) is 0 Å². The third-order valence-corrected chi connectivity index (χ3v) is 4.87. The molecule has 1 saturated heterocycles. The first-order chi connectivity index (χ1) is 12.5. The molecule has 0 aromatic heterocycles. The monoisotopic (exact) mass is 382 g/mol. The minimum atomic E-state index is -0.732. The highest BCUT2D eigenvalue weighted by Gasteiger charge is 2.18. The lowest BCUT2D eigenvalue weighted by molar-refractivity contribution is -0.757. The molecule has 1 aliphatic rings. The number of esters is 1. The van der Waals surface area contributed by atoms with Crippen LogP contribution in [0.4, 0.5) is 0 Å². The number of ether oxygens (including phenoxy) is 1. The maximum Gasteiger partial charge on any atom is 0.338 e. The summed E-state index contributed by atoms with van der Waals surface area (Å²) in [4.78, 5) is 29.5. The molecule has 0 atom stereocenters. The van der Waals surface area contributed by atoms with Gasteiger partial charge in [0.1, 0.15) is 0 Å². The fraction of sp³-hybridized carbons (Fsp3) is 0.611. The van der Waals surface area contributed by atoms with Crippen LogP contribution in [-0.4, -0.2) is 48.8 Å². The second-order valence-electron chi connectivity index (χ2n) is 6.52. The molecule has 0 spiro atoms. The van der Waals surface area contributed by atoms with E-state index in [1.165, 1.54) is 0 Å². The number of rotatable bonds is 10. The first kappa shape index (κ1) is 20.5. The summed E-state index contributed by atoms with van der Waals surface area (Å²) >= 11 is 4.22. The smallest absolute Gasteiger partial charge is 0.338 e. The second-order valence-corrected chi connectivity index (χ2v) is 7.04. The maximum absolute atomic E-state index is 11.9. The fourth-order valence-corrected chi connectivity index (χ4v) is 3.40. The third-order valence-electron chi connectivity index (χ3n) is 4.59. The van der Waals surface area contributed by atoms with Crippen LogP contribution in [0.1, 0.15) is 42.5 Å². The van der Waals surface area contributed by atoms with Crippen LogP contribution in [0.2, 0.25) is 0 Å². The van der Waals surface area contributed by atoms with Crippen molar-refractivity contribution >= 4 is 18.6 Å². The van der Waals surface area contributed by atoms with Gasteiger partial charge in [-0.15, -0.1) is 22.7 Å². The van der Waals surface area contributed by atoms with Crippen LogP contribution in [0.5, 0.6) is 0 Å². The minimum Gasteiger partial charge on any atom is -0.462 e. The lowest BCUT2D eigenvalue weighted by Crippen LogP contribution is -2.35. The van der Waals surface area contributed by atoms with Crippen LogP contribution in [0.3, 0.4) is 0 Å². The zero-order chi connectivity index (χ0) is 18.8. The molecular formula is C18H26N2O5S. The number of likely N-dealkylation sites (tertiary alicyclic amines) is 1. The zero-order valence-electron chi connectivity index (χ0n) is 14.8. The van der Waals surface area contributed by atoms with Gasteiger partial charge in [-0.1, -0.05) is 6.07 Å². The number of hydrogen-bond acceptors (Lipinski definition) is 7. The SMILES string of the molecule is O=C(OCCCN1CCC(CCCO[N+](=O)[O-])CC1)c1cccc(S)c1. The zero-order valence-corrected chi connectivity index (χ0v) is 15.7. The van der Waals surface area contributed by atoms with Gasteiger partial charge < -0.3 is 14.5 Å². The fourth-order valence-electron chi connectivity index (χ4n) is 3.18. The number of benzene rings is 1. The third kappa shape index (κ3) is 7.61. The van der Waals surface area contributed by atoms with E-state index in [9.17, 15) is 14.9 Å². The Morgan fingerprint density at radius 1 is 1.27 bits per heavy atom. The summed E-state index contributed by atoms with van der Waals surface area (Å²) in [6.07, 6.45) is 4.73. The molecule has 144 valence electrons. The molecule has 8 heteroatoms. The molecule has 1 aromatic carbocycles. The predicted octanol–water partition coefficient (Wildman–Crippen LogP) is 3.22. The van der Waals surface area contributed by atoms with Gasteiger partial charge >= 0.3 is 5.97 Å². The van der Waals surface area contributed by atoms with Crippen molar-refractivity contribution in [2.24, 2.45) is 5.92 Å². The van der Waals surface area contributed by atoms with E-state index in [4.69, 9.17) is 4.74 Å². The summed E-state index contributed by atoms with van der Waals surface area (Å²) in [5, 5.41) is 9.37. The van der Waals surface area contributed by atoms with Gasteiger partial charge in [-0.25, -0.2) is 4.79 Å². The summed E-state index contributed by atoms with van der Waals surface area (Å²) in [5.74, 6) is 0.310. The summed E-state index contributed by atoms with van der Waals surface area (Å²) in [6, 6.07) is 7.03. The largest absolute Gasteiger partial charge is 0.462 e. The highest BCUT2D eigenvalue weighted by molar-refractivity contribution is 7.80. The number of nitrogens with zero attached hydrogens (tertiary/aromatic N) is 2. The molecule has 0 aliphatic carbocycles. The van der Waals surface area contributed by atoms with Crippen LogP contribution in [-0.2, 0) is 9.57 Å². The number of piperidine rings is 1. The quantitative estimate of drug-likeness (QED) is 0.220. The number of thiol groups is 1. The van der Waals surface area contributed by atoms with Crippen molar-refractivity contribution in [3.8, 4) is 0 Å². The maximum atomic E-state index is 11.9. The van der Waals surface area contributed by atoms with Crippen LogP contribution in [0.15, 0.2) is 29.2 Å². The molecule has 1 aromatic rings. The normalized spacial score (nSPS) is 15.6. The Morgan fingerprint density at radius 2 is 2.04 bits per heavy atom. The van der Waals surface area contributed by atoms with Crippen LogP contribution >= 0.6 is 12.6 Å². The number of carbonyl (C=O) groups excluding carboxylic acids is 1. The Labute approximate surface area is 159 Å². The van der Waals surface area contributed by atoms with Crippen molar-refractivity contribution in [3.63, 3.8) is 0 Å². The van der Waals surface area contributed by atoms with Gasteiger partial charge in [0.15, 0.2) is 0 Å². The molecule has 0 amide bonds. The molecule has 0 N–H and O–H groups in total. The minimum absolute atomic E-state index is 0.189. The molecule has 26 heavy (non-hydrogen) atoms. The van der Waals surface area contributed by atoms with Crippen molar-refractivity contribution < 1.29 is 19.5 Å². The average Bonchev–Trinajstić information content (AvgIpc) is 2.63. The molecule has 1 aliphatic heterocycles. The molecule has 7 nitrogen and oxygen atoms in total. The summed E-state index contributed by atoms with van der Waals surface area (Å²) < 4.78 is 5.31. The Bertz CT molecular complexity index is 591. The molecule has 2 rings (SSSR count). The lowest BCUT2D eigenvalue weighted by Gasteiger charge is -2.31. The van der Waals surface area contributed by atoms with Gasteiger partial charge in [0.2, 0.25) is 0 Å². The van der Waals surface area contributed by atoms with E-state index in [0.717, 1.165) is 56.6 Å². The van der Waals surface area contributed by atoms with Gasteiger partial charge in [0.05, 0.1) is 18.8 Å². The Kier molecular flexibility index (Phi) is 8.70. The van der Waals surface area contributed by atoms with E-state index < -0.39 is 5.09 Å². The van der Waals surface area contributed by atoms with Gasteiger partial charge in [-0.2, -0.15) is 0 Å². The Morgan fingerprint density at radius 3 is 2.73 bits per heavy atom. The highest BCUT2D eigenvalue weighted by atomic mass is 32.1. The summed E-state index contributed by atoms with van der Waals surface area (Å²) in [5.41, 5.74) is 0.527. The highest BCUT2D eigenvalue weighted by Crippen LogP contribution is 2.22. The average molecular weight is 382 g/mol. The van der Waals surface area contributed by atoms with Gasteiger partial charge in [0.25, 0.3) is 5.09 Å². The van der Waals surface area contributed by atoms with Gasteiger partial charge in [-0.05, 0) is 69.3 Å².